The van der Waals surface area contributed by atoms with Crippen LogP contribution < -0.4 is 11.1 Å². The topological polar surface area (TPSA) is 92.7 Å². The molecular weight excluding hydrogens is 365 g/mol. The molecule has 0 aliphatic carbocycles. The number of aromatic nitrogens is 2. The average Bonchev–Trinajstić information content (AvgIpc) is 3.06. The van der Waals surface area contributed by atoms with Gasteiger partial charge in [0.05, 0.1) is 11.5 Å². The second-order valence-corrected chi connectivity index (χ2v) is 5.78. The SMILES string of the molecule is Cl.Cl.NCCNC(=O)C1CCCN(C(=O)c2ccc3nccn3c2)C1. The molecular formula is C16H23Cl2N5O2. The van der Waals surface area contributed by atoms with E-state index in [0.717, 1.165) is 18.5 Å². The molecule has 1 aliphatic rings. The molecule has 2 aromatic rings. The van der Waals surface area contributed by atoms with Crippen LogP contribution in [0, 0.1) is 5.92 Å². The summed E-state index contributed by atoms with van der Waals surface area (Å²) in [6.45, 7) is 2.03. The maximum Gasteiger partial charge on any atom is 0.255 e. The molecule has 1 fully saturated rings. The molecule has 1 unspecified atom stereocenters. The summed E-state index contributed by atoms with van der Waals surface area (Å²) >= 11 is 0. The molecule has 3 heterocycles. The number of piperidine rings is 1. The van der Waals surface area contributed by atoms with Crippen LogP contribution in [0.2, 0.25) is 0 Å². The van der Waals surface area contributed by atoms with E-state index in [1.54, 1.807) is 23.4 Å². The van der Waals surface area contributed by atoms with Gasteiger partial charge >= 0.3 is 0 Å². The van der Waals surface area contributed by atoms with Crippen molar-refractivity contribution in [1.82, 2.24) is 19.6 Å². The van der Waals surface area contributed by atoms with Crippen molar-refractivity contribution in [2.75, 3.05) is 26.2 Å². The summed E-state index contributed by atoms with van der Waals surface area (Å²) < 4.78 is 1.82. The number of carbonyl (C=O) groups is 2. The van der Waals surface area contributed by atoms with Crippen LogP contribution in [-0.2, 0) is 4.79 Å². The predicted molar refractivity (Wildman–Crippen MR) is 100 cm³/mol. The Balaban J connectivity index is 0.00000156. The van der Waals surface area contributed by atoms with Crippen molar-refractivity contribution in [3.63, 3.8) is 0 Å². The van der Waals surface area contributed by atoms with Crippen molar-refractivity contribution < 1.29 is 9.59 Å². The molecule has 0 saturated carbocycles. The van der Waals surface area contributed by atoms with Gasteiger partial charge in [-0.2, -0.15) is 0 Å². The molecule has 0 radical (unpaired) electrons. The van der Waals surface area contributed by atoms with Crippen LogP contribution in [0.1, 0.15) is 23.2 Å². The number of likely N-dealkylation sites (tertiary alicyclic amines) is 1. The highest BCUT2D eigenvalue weighted by Gasteiger charge is 2.28. The van der Waals surface area contributed by atoms with Crippen molar-refractivity contribution in [1.29, 1.82) is 0 Å². The fourth-order valence-corrected chi connectivity index (χ4v) is 2.94. The number of nitrogens with two attached hydrogens (primary N) is 1. The van der Waals surface area contributed by atoms with Gasteiger partial charge in [0.1, 0.15) is 5.65 Å². The first-order valence-electron chi connectivity index (χ1n) is 7.89. The van der Waals surface area contributed by atoms with E-state index < -0.39 is 0 Å². The minimum absolute atomic E-state index is 0. The van der Waals surface area contributed by atoms with Gasteiger partial charge in [-0.05, 0) is 25.0 Å². The number of fused-ring (bicyclic) bond motifs is 1. The standard InChI is InChI=1S/C16H21N5O2.2ClH/c17-5-6-19-15(22)12-2-1-8-21(10-12)16(23)13-3-4-14-18-7-9-20(14)11-13;;/h3-4,7,9,11-12H,1-2,5-6,8,10,17H2,(H,19,22);2*1H. The Morgan fingerprint density at radius 3 is 2.88 bits per heavy atom. The molecule has 25 heavy (non-hydrogen) atoms. The average molecular weight is 388 g/mol. The summed E-state index contributed by atoms with van der Waals surface area (Å²) in [5, 5.41) is 2.81. The molecule has 2 aromatic heterocycles. The third kappa shape index (κ3) is 4.84. The van der Waals surface area contributed by atoms with Crippen molar-refractivity contribution in [2.45, 2.75) is 12.8 Å². The second-order valence-electron chi connectivity index (χ2n) is 5.78. The first-order chi connectivity index (χ1) is 11.2. The number of amides is 2. The van der Waals surface area contributed by atoms with Gasteiger partial charge in [0, 0.05) is 44.8 Å². The Morgan fingerprint density at radius 2 is 2.12 bits per heavy atom. The summed E-state index contributed by atoms with van der Waals surface area (Å²) in [7, 11) is 0. The molecule has 1 atom stereocenters. The Kier molecular flexibility index (Phi) is 8.15. The largest absolute Gasteiger partial charge is 0.355 e. The zero-order valence-electron chi connectivity index (χ0n) is 13.8. The van der Waals surface area contributed by atoms with Crippen LogP contribution in [0.5, 0.6) is 0 Å². The van der Waals surface area contributed by atoms with Gasteiger partial charge in [-0.25, -0.2) is 4.98 Å². The Bertz CT molecular complexity index is 721. The molecule has 1 aliphatic heterocycles. The fraction of sp³-hybridized carbons (Fsp3) is 0.438. The highest BCUT2D eigenvalue weighted by molar-refractivity contribution is 5.94. The highest BCUT2D eigenvalue weighted by atomic mass is 35.5. The second kappa shape index (κ2) is 9.60. The maximum atomic E-state index is 12.7. The van der Waals surface area contributed by atoms with Crippen LogP contribution in [0.4, 0.5) is 0 Å². The molecule has 0 spiro atoms. The Morgan fingerprint density at radius 1 is 1.32 bits per heavy atom. The third-order valence-corrected chi connectivity index (χ3v) is 4.16. The normalized spacial score (nSPS) is 16.7. The molecule has 7 nitrogen and oxygen atoms in total. The lowest BCUT2D eigenvalue weighted by atomic mass is 9.96. The zero-order chi connectivity index (χ0) is 16.2. The summed E-state index contributed by atoms with van der Waals surface area (Å²) in [4.78, 5) is 30.7. The monoisotopic (exact) mass is 387 g/mol. The van der Waals surface area contributed by atoms with Gasteiger partial charge in [-0.3, -0.25) is 9.59 Å². The Labute approximate surface area is 158 Å². The summed E-state index contributed by atoms with van der Waals surface area (Å²) in [5.41, 5.74) is 6.82. The van der Waals surface area contributed by atoms with Crippen LogP contribution in [-0.4, -0.2) is 52.3 Å². The lowest BCUT2D eigenvalue weighted by Gasteiger charge is -2.32. The molecule has 3 rings (SSSR count). The number of pyridine rings is 1. The van der Waals surface area contributed by atoms with E-state index in [-0.39, 0.29) is 42.5 Å². The number of nitrogens with one attached hydrogen (secondary N) is 1. The van der Waals surface area contributed by atoms with Crippen LogP contribution >= 0.6 is 24.8 Å². The summed E-state index contributed by atoms with van der Waals surface area (Å²) in [5.74, 6) is -0.217. The molecule has 1 saturated heterocycles. The van der Waals surface area contributed by atoms with Crippen molar-refractivity contribution in [3.05, 3.63) is 36.3 Å². The van der Waals surface area contributed by atoms with Crippen LogP contribution in [0.3, 0.4) is 0 Å². The number of halogens is 2. The highest BCUT2D eigenvalue weighted by Crippen LogP contribution is 2.19. The zero-order valence-corrected chi connectivity index (χ0v) is 15.4. The maximum absolute atomic E-state index is 12.7. The molecule has 9 heteroatoms. The van der Waals surface area contributed by atoms with E-state index in [1.165, 1.54) is 0 Å². The quantitative estimate of drug-likeness (QED) is 0.821. The van der Waals surface area contributed by atoms with E-state index >= 15 is 0 Å². The lowest BCUT2D eigenvalue weighted by Crippen LogP contribution is -2.46. The van der Waals surface area contributed by atoms with Gasteiger partial charge in [0.25, 0.3) is 5.91 Å². The summed E-state index contributed by atoms with van der Waals surface area (Å²) in [6, 6.07) is 3.60. The molecule has 138 valence electrons. The van der Waals surface area contributed by atoms with E-state index in [0.29, 0.717) is 31.7 Å². The van der Waals surface area contributed by atoms with Crippen molar-refractivity contribution >= 4 is 42.3 Å². The molecule has 2 amide bonds. The number of nitrogens with zero attached hydrogens (tertiary/aromatic N) is 3. The lowest BCUT2D eigenvalue weighted by molar-refractivity contribution is -0.126. The van der Waals surface area contributed by atoms with Gasteiger partial charge in [0.15, 0.2) is 0 Å². The first-order valence-corrected chi connectivity index (χ1v) is 7.89. The number of hydrogen-bond acceptors (Lipinski definition) is 4. The van der Waals surface area contributed by atoms with Crippen LogP contribution in [0.25, 0.3) is 5.65 Å². The predicted octanol–water partition coefficient (Wildman–Crippen LogP) is 1.10. The van der Waals surface area contributed by atoms with E-state index in [9.17, 15) is 9.59 Å². The number of carbonyl (C=O) groups excluding carboxylic acids is 2. The van der Waals surface area contributed by atoms with E-state index in [2.05, 4.69) is 10.3 Å². The van der Waals surface area contributed by atoms with Crippen molar-refractivity contribution in [3.8, 4) is 0 Å². The molecule has 3 N–H and O–H groups in total. The van der Waals surface area contributed by atoms with Gasteiger partial charge in [-0.1, -0.05) is 0 Å². The van der Waals surface area contributed by atoms with E-state index in [4.69, 9.17) is 5.73 Å². The minimum Gasteiger partial charge on any atom is -0.355 e. The molecule has 0 aromatic carbocycles. The third-order valence-electron chi connectivity index (χ3n) is 4.16. The summed E-state index contributed by atoms with van der Waals surface area (Å²) in [6.07, 6.45) is 6.93. The smallest absolute Gasteiger partial charge is 0.255 e. The van der Waals surface area contributed by atoms with Gasteiger partial charge in [0.2, 0.25) is 5.91 Å². The number of hydrogen-bond donors (Lipinski definition) is 2. The Hall–Kier alpha value is -1.83. The number of rotatable bonds is 4. The van der Waals surface area contributed by atoms with Crippen LogP contribution in [0.15, 0.2) is 30.7 Å². The van der Waals surface area contributed by atoms with Gasteiger partial charge < -0.3 is 20.4 Å². The van der Waals surface area contributed by atoms with Crippen molar-refractivity contribution in [2.24, 2.45) is 11.7 Å². The number of imidazole rings is 1. The van der Waals surface area contributed by atoms with E-state index in [1.807, 2.05) is 16.7 Å². The minimum atomic E-state index is -0.156. The first kappa shape index (κ1) is 21.2. The molecule has 0 bridgehead atoms. The fourth-order valence-electron chi connectivity index (χ4n) is 2.94. The van der Waals surface area contributed by atoms with Gasteiger partial charge in [-0.15, -0.1) is 24.8 Å².